The Hall–Kier alpha value is -2.44. The number of nitrogens with zero attached hydrogens (tertiary/aromatic N) is 2. The van der Waals surface area contributed by atoms with E-state index in [-0.39, 0.29) is 12.4 Å². The summed E-state index contributed by atoms with van der Waals surface area (Å²) in [7, 11) is 0. The molecule has 0 unspecified atom stereocenters. The molecule has 0 atom stereocenters. The summed E-state index contributed by atoms with van der Waals surface area (Å²) in [5, 5.41) is 11.2. The predicted octanol–water partition coefficient (Wildman–Crippen LogP) is 4.21. The van der Waals surface area contributed by atoms with E-state index in [1.54, 1.807) is 29.1 Å². The second-order valence-corrected chi connectivity index (χ2v) is 6.22. The standard InChI is InChI=1S/C18H16ClFN4S/c19-15-12-24(11-14-8-4-5-9-16(14)20)23-17(15)22-18(25)21-10-13-6-2-1-3-7-13/h1-9,12H,10-11H2,(H2,21,22,23,25). The van der Waals surface area contributed by atoms with Crippen molar-refractivity contribution in [2.75, 3.05) is 5.32 Å². The van der Waals surface area contributed by atoms with Gasteiger partial charge in [0.1, 0.15) is 10.8 Å². The fraction of sp³-hybridized carbons (Fsp3) is 0.111. The molecule has 25 heavy (non-hydrogen) atoms. The van der Waals surface area contributed by atoms with Crippen molar-refractivity contribution < 1.29 is 4.39 Å². The molecule has 0 spiro atoms. The molecule has 3 rings (SSSR count). The summed E-state index contributed by atoms with van der Waals surface area (Å²) in [6.07, 6.45) is 1.64. The molecule has 0 fully saturated rings. The third kappa shape index (κ3) is 4.78. The van der Waals surface area contributed by atoms with Crippen molar-refractivity contribution >= 4 is 34.7 Å². The van der Waals surface area contributed by atoms with Crippen molar-refractivity contribution in [1.29, 1.82) is 0 Å². The summed E-state index contributed by atoms with van der Waals surface area (Å²) in [6, 6.07) is 16.5. The number of anilines is 1. The van der Waals surface area contributed by atoms with Crippen LogP contribution in [0.3, 0.4) is 0 Å². The average molecular weight is 375 g/mol. The summed E-state index contributed by atoms with van der Waals surface area (Å²) in [5.41, 5.74) is 1.65. The maximum atomic E-state index is 13.7. The zero-order valence-corrected chi connectivity index (χ0v) is 14.8. The van der Waals surface area contributed by atoms with E-state index in [1.807, 2.05) is 30.3 Å². The second-order valence-electron chi connectivity index (χ2n) is 5.41. The van der Waals surface area contributed by atoms with Gasteiger partial charge in [-0.05, 0) is 23.8 Å². The summed E-state index contributed by atoms with van der Waals surface area (Å²) >= 11 is 11.4. The topological polar surface area (TPSA) is 41.9 Å². The molecule has 1 aromatic heterocycles. The smallest absolute Gasteiger partial charge is 0.173 e. The van der Waals surface area contributed by atoms with Gasteiger partial charge in [0.05, 0.1) is 6.54 Å². The van der Waals surface area contributed by atoms with Gasteiger partial charge in [0.2, 0.25) is 0 Å². The second kappa shape index (κ2) is 8.09. The number of hydrogen-bond acceptors (Lipinski definition) is 2. The third-order valence-corrected chi connectivity index (χ3v) is 4.06. The van der Waals surface area contributed by atoms with Gasteiger partial charge in [0.15, 0.2) is 10.9 Å². The first-order valence-electron chi connectivity index (χ1n) is 7.67. The Labute approximate surface area is 155 Å². The van der Waals surface area contributed by atoms with Gasteiger partial charge in [-0.3, -0.25) is 4.68 Å². The Morgan fingerprint density at radius 1 is 1.12 bits per heavy atom. The molecule has 0 aliphatic rings. The Morgan fingerprint density at radius 3 is 2.60 bits per heavy atom. The molecular weight excluding hydrogens is 359 g/mol. The maximum absolute atomic E-state index is 13.7. The highest BCUT2D eigenvalue weighted by Crippen LogP contribution is 2.20. The lowest BCUT2D eigenvalue weighted by atomic mass is 10.2. The van der Waals surface area contributed by atoms with Crippen molar-refractivity contribution in [3.05, 3.63) is 82.8 Å². The number of halogens is 2. The highest BCUT2D eigenvalue weighted by molar-refractivity contribution is 7.80. The van der Waals surface area contributed by atoms with Crippen LogP contribution < -0.4 is 10.6 Å². The highest BCUT2D eigenvalue weighted by atomic mass is 35.5. The monoisotopic (exact) mass is 374 g/mol. The molecule has 0 saturated carbocycles. The molecule has 128 valence electrons. The summed E-state index contributed by atoms with van der Waals surface area (Å²) < 4.78 is 15.3. The van der Waals surface area contributed by atoms with Gasteiger partial charge < -0.3 is 10.6 Å². The van der Waals surface area contributed by atoms with Crippen LogP contribution in [0.2, 0.25) is 5.02 Å². The molecule has 3 aromatic rings. The van der Waals surface area contributed by atoms with Gasteiger partial charge in [-0.25, -0.2) is 4.39 Å². The van der Waals surface area contributed by atoms with Crippen LogP contribution in [0, 0.1) is 5.82 Å². The van der Waals surface area contributed by atoms with Crippen LogP contribution in [0.15, 0.2) is 60.8 Å². The van der Waals surface area contributed by atoms with E-state index in [0.717, 1.165) is 5.56 Å². The molecule has 0 aliphatic heterocycles. The molecule has 0 aliphatic carbocycles. The Kier molecular flexibility index (Phi) is 5.63. The molecule has 0 amide bonds. The zero-order chi connectivity index (χ0) is 17.6. The molecule has 7 heteroatoms. The molecule has 1 heterocycles. The first-order valence-corrected chi connectivity index (χ1v) is 8.45. The summed E-state index contributed by atoms with van der Waals surface area (Å²) in [6.45, 7) is 0.887. The Balaban J connectivity index is 1.60. The SMILES string of the molecule is Fc1ccccc1Cn1cc(Cl)c(NC(=S)NCc2ccccc2)n1. The summed E-state index contributed by atoms with van der Waals surface area (Å²) in [5.74, 6) is 0.159. The molecule has 0 saturated heterocycles. The lowest BCUT2D eigenvalue weighted by molar-refractivity contribution is 0.586. The normalized spacial score (nSPS) is 10.5. The van der Waals surface area contributed by atoms with Crippen LogP contribution in [0.1, 0.15) is 11.1 Å². The van der Waals surface area contributed by atoms with E-state index in [1.165, 1.54) is 6.07 Å². The van der Waals surface area contributed by atoms with E-state index in [0.29, 0.717) is 28.1 Å². The van der Waals surface area contributed by atoms with Crippen molar-refractivity contribution in [1.82, 2.24) is 15.1 Å². The van der Waals surface area contributed by atoms with E-state index < -0.39 is 0 Å². The number of hydrogen-bond donors (Lipinski definition) is 2. The molecule has 2 N–H and O–H groups in total. The number of aromatic nitrogens is 2. The fourth-order valence-electron chi connectivity index (χ4n) is 2.29. The van der Waals surface area contributed by atoms with E-state index in [4.69, 9.17) is 23.8 Å². The molecule has 2 aromatic carbocycles. The van der Waals surface area contributed by atoms with Gasteiger partial charge in [-0.2, -0.15) is 5.10 Å². The maximum Gasteiger partial charge on any atom is 0.173 e. The summed E-state index contributed by atoms with van der Waals surface area (Å²) in [4.78, 5) is 0. The van der Waals surface area contributed by atoms with Crippen molar-refractivity contribution in [2.45, 2.75) is 13.1 Å². The predicted molar refractivity (Wildman–Crippen MR) is 102 cm³/mol. The largest absolute Gasteiger partial charge is 0.358 e. The van der Waals surface area contributed by atoms with E-state index in [9.17, 15) is 4.39 Å². The minimum Gasteiger partial charge on any atom is -0.358 e. The fourth-order valence-corrected chi connectivity index (χ4v) is 2.66. The highest BCUT2D eigenvalue weighted by Gasteiger charge is 2.10. The van der Waals surface area contributed by atoms with Gasteiger partial charge >= 0.3 is 0 Å². The van der Waals surface area contributed by atoms with Crippen molar-refractivity contribution in [3.63, 3.8) is 0 Å². The number of rotatable bonds is 5. The van der Waals surface area contributed by atoms with Crippen LogP contribution in [0.5, 0.6) is 0 Å². The van der Waals surface area contributed by atoms with Gasteiger partial charge in [0.25, 0.3) is 0 Å². The van der Waals surface area contributed by atoms with Crippen LogP contribution in [0.25, 0.3) is 0 Å². The molecular formula is C18H16ClFN4S. The van der Waals surface area contributed by atoms with Crippen LogP contribution in [-0.2, 0) is 13.1 Å². The number of benzene rings is 2. The third-order valence-electron chi connectivity index (χ3n) is 3.54. The van der Waals surface area contributed by atoms with Crippen LogP contribution in [0.4, 0.5) is 10.2 Å². The van der Waals surface area contributed by atoms with E-state index in [2.05, 4.69) is 15.7 Å². The molecule has 0 radical (unpaired) electrons. The Bertz CT molecular complexity index is 867. The molecule has 4 nitrogen and oxygen atoms in total. The minimum atomic E-state index is -0.274. The quantitative estimate of drug-likeness (QED) is 0.656. The minimum absolute atomic E-state index is 0.274. The molecule has 0 bridgehead atoms. The van der Waals surface area contributed by atoms with Crippen molar-refractivity contribution in [2.24, 2.45) is 0 Å². The first kappa shape index (κ1) is 17.4. The first-order chi connectivity index (χ1) is 12.1. The lowest BCUT2D eigenvalue weighted by Crippen LogP contribution is -2.28. The van der Waals surface area contributed by atoms with E-state index >= 15 is 0 Å². The number of thiocarbonyl (C=S) groups is 1. The Morgan fingerprint density at radius 2 is 1.84 bits per heavy atom. The lowest BCUT2D eigenvalue weighted by Gasteiger charge is -2.09. The zero-order valence-electron chi connectivity index (χ0n) is 13.2. The number of nitrogens with one attached hydrogen (secondary N) is 2. The van der Waals surface area contributed by atoms with Gasteiger partial charge in [-0.15, -0.1) is 0 Å². The van der Waals surface area contributed by atoms with Gasteiger partial charge in [-0.1, -0.05) is 60.1 Å². The van der Waals surface area contributed by atoms with Gasteiger partial charge in [0, 0.05) is 18.3 Å². The average Bonchev–Trinajstić information content (AvgIpc) is 2.95. The van der Waals surface area contributed by atoms with Crippen molar-refractivity contribution in [3.8, 4) is 0 Å². The van der Waals surface area contributed by atoms with Crippen LogP contribution in [-0.4, -0.2) is 14.9 Å². The van der Waals surface area contributed by atoms with Crippen LogP contribution >= 0.6 is 23.8 Å².